The van der Waals surface area contributed by atoms with Gasteiger partial charge in [0.15, 0.2) is 5.58 Å². The van der Waals surface area contributed by atoms with Gasteiger partial charge < -0.3 is 14.2 Å². The standard InChI is InChI=1S/C16H22N2O3S/c1-10-9-22-14-12(17-21-13(10)14)11-5-7-18(8-6-11)15(19)20-16(2,3)4/h9,11H,5-8H2,1-4H3. The molecule has 1 saturated heterocycles. The molecule has 6 heteroatoms. The molecule has 0 saturated carbocycles. The number of ether oxygens (including phenoxy) is 1. The van der Waals surface area contributed by atoms with Crippen LogP contribution in [0.3, 0.4) is 0 Å². The SMILES string of the molecule is Cc1csc2c(C3CCN(C(=O)OC(C)(C)C)CC3)noc12. The average molecular weight is 322 g/mol. The number of aromatic nitrogens is 1. The van der Waals surface area contributed by atoms with Crippen LogP contribution in [-0.4, -0.2) is 34.8 Å². The Hall–Kier alpha value is -1.56. The largest absolute Gasteiger partial charge is 0.444 e. The van der Waals surface area contributed by atoms with Gasteiger partial charge in [0.25, 0.3) is 0 Å². The maximum atomic E-state index is 12.1. The van der Waals surface area contributed by atoms with Crippen molar-refractivity contribution in [2.75, 3.05) is 13.1 Å². The van der Waals surface area contributed by atoms with Crippen molar-refractivity contribution in [2.24, 2.45) is 0 Å². The molecule has 3 rings (SSSR count). The summed E-state index contributed by atoms with van der Waals surface area (Å²) in [7, 11) is 0. The Bertz CT molecular complexity index is 675. The number of fused-ring (bicyclic) bond motifs is 1. The molecule has 1 amide bonds. The quantitative estimate of drug-likeness (QED) is 0.785. The van der Waals surface area contributed by atoms with Crippen molar-refractivity contribution in [1.82, 2.24) is 10.1 Å². The average Bonchev–Trinajstić information content (AvgIpc) is 3.01. The van der Waals surface area contributed by atoms with Crippen LogP contribution in [0.1, 0.15) is 50.8 Å². The van der Waals surface area contributed by atoms with E-state index in [1.165, 1.54) is 0 Å². The van der Waals surface area contributed by atoms with Crippen molar-refractivity contribution in [3.8, 4) is 0 Å². The smallest absolute Gasteiger partial charge is 0.410 e. The highest BCUT2D eigenvalue weighted by atomic mass is 32.1. The molecule has 0 aliphatic carbocycles. The van der Waals surface area contributed by atoms with E-state index in [9.17, 15) is 4.79 Å². The van der Waals surface area contributed by atoms with Gasteiger partial charge in [-0.05, 0) is 45.9 Å². The first-order valence-electron chi connectivity index (χ1n) is 7.66. The first kappa shape index (κ1) is 15.3. The van der Waals surface area contributed by atoms with Crippen LogP contribution in [0.5, 0.6) is 0 Å². The minimum absolute atomic E-state index is 0.219. The minimum Gasteiger partial charge on any atom is -0.444 e. The zero-order valence-electron chi connectivity index (χ0n) is 13.5. The second-order valence-electron chi connectivity index (χ2n) is 6.89. The molecule has 2 aromatic heterocycles. The molecule has 0 radical (unpaired) electrons. The zero-order chi connectivity index (χ0) is 15.9. The number of carbonyl (C=O) groups is 1. The summed E-state index contributed by atoms with van der Waals surface area (Å²) < 4.78 is 12.1. The number of likely N-dealkylation sites (tertiary alicyclic amines) is 1. The molecule has 0 atom stereocenters. The number of carbonyl (C=O) groups excluding carboxylic acids is 1. The Balaban J connectivity index is 1.65. The van der Waals surface area contributed by atoms with Gasteiger partial charge in [-0.2, -0.15) is 0 Å². The molecule has 0 bridgehead atoms. The van der Waals surface area contributed by atoms with Gasteiger partial charge in [0.1, 0.15) is 11.3 Å². The van der Waals surface area contributed by atoms with Crippen molar-refractivity contribution in [1.29, 1.82) is 0 Å². The number of rotatable bonds is 1. The first-order valence-corrected chi connectivity index (χ1v) is 8.54. The number of hydrogen-bond acceptors (Lipinski definition) is 5. The molecule has 2 aromatic rings. The molecule has 22 heavy (non-hydrogen) atoms. The highest BCUT2D eigenvalue weighted by molar-refractivity contribution is 7.17. The van der Waals surface area contributed by atoms with Crippen LogP contribution in [0.2, 0.25) is 0 Å². The highest BCUT2D eigenvalue weighted by Crippen LogP contribution is 2.36. The summed E-state index contributed by atoms with van der Waals surface area (Å²) in [6.07, 6.45) is 1.58. The third kappa shape index (κ3) is 2.97. The summed E-state index contributed by atoms with van der Waals surface area (Å²) in [6, 6.07) is 0. The lowest BCUT2D eigenvalue weighted by Crippen LogP contribution is -2.41. The van der Waals surface area contributed by atoms with Gasteiger partial charge >= 0.3 is 6.09 Å². The fourth-order valence-electron chi connectivity index (χ4n) is 2.78. The fraction of sp³-hybridized carbons (Fsp3) is 0.625. The van der Waals surface area contributed by atoms with E-state index in [0.29, 0.717) is 19.0 Å². The molecule has 0 spiro atoms. The number of thiophene rings is 1. The molecule has 0 aromatic carbocycles. The van der Waals surface area contributed by atoms with Crippen molar-refractivity contribution >= 4 is 27.7 Å². The first-order chi connectivity index (χ1) is 10.3. The molecule has 1 aliphatic heterocycles. The van der Waals surface area contributed by atoms with E-state index in [1.807, 2.05) is 27.7 Å². The number of nitrogens with zero attached hydrogens (tertiary/aromatic N) is 2. The van der Waals surface area contributed by atoms with Crippen molar-refractivity contribution in [3.05, 3.63) is 16.6 Å². The van der Waals surface area contributed by atoms with E-state index >= 15 is 0 Å². The van der Waals surface area contributed by atoms with Crippen molar-refractivity contribution in [2.45, 2.75) is 52.1 Å². The van der Waals surface area contributed by atoms with Crippen LogP contribution < -0.4 is 0 Å². The van der Waals surface area contributed by atoms with Gasteiger partial charge in [0.2, 0.25) is 0 Å². The Kier molecular flexibility index (Phi) is 3.89. The lowest BCUT2D eigenvalue weighted by Gasteiger charge is -2.32. The van der Waals surface area contributed by atoms with Crippen LogP contribution in [0, 0.1) is 6.92 Å². The van der Waals surface area contributed by atoms with Crippen molar-refractivity contribution in [3.63, 3.8) is 0 Å². The Labute approximate surface area is 134 Å². The van der Waals surface area contributed by atoms with E-state index in [1.54, 1.807) is 16.2 Å². The Morgan fingerprint density at radius 3 is 2.73 bits per heavy atom. The Morgan fingerprint density at radius 2 is 2.09 bits per heavy atom. The number of aryl methyl sites for hydroxylation is 1. The summed E-state index contributed by atoms with van der Waals surface area (Å²) in [4.78, 5) is 13.9. The zero-order valence-corrected chi connectivity index (χ0v) is 14.3. The molecule has 3 heterocycles. The van der Waals surface area contributed by atoms with Crippen LogP contribution in [0.25, 0.3) is 10.3 Å². The molecule has 5 nitrogen and oxygen atoms in total. The van der Waals surface area contributed by atoms with Crippen LogP contribution in [0.4, 0.5) is 4.79 Å². The van der Waals surface area contributed by atoms with E-state index in [4.69, 9.17) is 9.26 Å². The van der Waals surface area contributed by atoms with Crippen LogP contribution >= 0.6 is 11.3 Å². The predicted molar refractivity (Wildman–Crippen MR) is 86.4 cm³/mol. The summed E-state index contributed by atoms with van der Waals surface area (Å²) in [6.45, 7) is 9.13. The molecule has 0 unspecified atom stereocenters. The van der Waals surface area contributed by atoms with Gasteiger partial charge in [-0.3, -0.25) is 0 Å². The van der Waals surface area contributed by atoms with Gasteiger partial charge in [-0.25, -0.2) is 4.79 Å². The minimum atomic E-state index is -0.444. The van der Waals surface area contributed by atoms with Crippen molar-refractivity contribution < 1.29 is 14.1 Å². The molecular weight excluding hydrogens is 300 g/mol. The maximum absolute atomic E-state index is 12.1. The normalized spacial score (nSPS) is 17.2. The monoisotopic (exact) mass is 322 g/mol. The second-order valence-corrected chi connectivity index (χ2v) is 7.77. The predicted octanol–water partition coefficient (Wildman–Crippen LogP) is 4.31. The number of hydrogen-bond donors (Lipinski definition) is 0. The van der Waals surface area contributed by atoms with Crippen LogP contribution in [-0.2, 0) is 4.74 Å². The van der Waals surface area contributed by atoms with Gasteiger partial charge in [-0.1, -0.05) is 5.16 Å². The van der Waals surface area contributed by atoms with Gasteiger partial charge in [0.05, 0.1) is 4.70 Å². The third-order valence-corrected chi connectivity index (χ3v) is 5.02. The lowest BCUT2D eigenvalue weighted by molar-refractivity contribution is 0.0204. The van der Waals surface area contributed by atoms with E-state index in [0.717, 1.165) is 34.4 Å². The molecule has 1 fully saturated rings. The second kappa shape index (κ2) is 5.57. The van der Waals surface area contributed by atoms with Crippen LogP contribution in [0.15, 0.2) is 9.90 Å². The summed E-state index contributed by atoms with van der Waals surface area (Å²) >= 11 is 1.69. The lowest BCUT2D eigenvalue weighted by atomic mass is 9.93. The number of piperidine rings is 1. The Morgan fingerprint density at radius 1 is 1.41 bits per heavy atom. The van der Waals surface area contributed by atoms with E-state index in [-0.39, 0.29) is 6.09 Å². The molecule has 120 valence electrons. The topological polar surface area (TPSA) is 55.6 Å². The third-order valence-electron chi connectivity index (χ3n) is 3.92. The number of amides is 1. The summed E-state index contributed by atoms with van der Waals surface area (Å²) in [5.74, 6) is 0.359. The van der Waals surface area contributed by atoms with E-state index < -0.39 is 5.60 Å². The molecular formula is C16H22N2O3S. The van der Waals surface area contributed by atoms with E-state index in [2.05, 4.69) is 10.5 Å². The van der Waals surface area contributed by atoms with Gasteiger partial charge in [-0.15, -0.1) is 11.3 Å². The maximum Gasteiger partial charge on any atom is 0.410 e. The molecule has 1 aliphatic rings. The summed E-state index contributed by atoms with van der Waals surface area (Å²) in [5.41, 5.74) is 2.66. The molecule has 0 N–H and O–H groups in total. The fourth-order valence-corrected chi connectivity index (χ4v) is 3.81. The highest BCUT2D eigenvalue weighted by Gasteiger charge is 2.30. The van der Waals surface area contributed by atoms with Gasteiger partial charge in [0, 0.05) is 24.6 Å². The summed E-state index contributed by atoms with van der Waals surface area (Å²) in [5, 5.41) is 6.38.